The molecule has 0 heterocycles. The minimum atomic E-state index is -0.246. The second-order valence-corrected chi connectivity index (χ2v) is 7.95. The fourth-order valence-electron chi connectivity index (χ4n) is 3.77. The number of rotatable bonds is 9. The van der Waals surface area contributed by atoms with Gasteiger partial charge in [-0.3, -0.25) is 9.69 Å². The predicted octanol–water partition coefficient (Wildman–Crippen LogP) is 4.70. The van der Waals surface area contributed by atoms with Gasteiger partial charge >= 0.3 is 0 Å². The van der Waals surface area contributed by atoms with Crippen LogP contribution in [-0.4, -0.2) is 30.5 Å². The molecular formula is C26H27FN2O2. The van der Waals surface area contributed by atoms with Gasteiger partial charge in [0.1, 0.15) is 11.6 Å². The van der Waals surface area contributed by atoms with Crippen LogP contribution >= 0.6 is 0 Å². The molecule has 31 heavy (non-hydrogen) atoms. The summed E-state index contributed by atoms with van der Waals surface area (Å²) in [6.45, 7) is 0.943. The summed E-state index contributed by atoms with van der Waals surface area (Å²) in [5.41, 5.74) is 3.03. The lowest BCUT2D eigenvalue weighted by Crippen LogP contribution is -2.40. The second kappa shape index (κ2) is 9.75. The standard InChI is InChI=1S/C26H27FN2O2/c1-31-24-15-9-21(10-16-24)26(20-5-3-2-4-6-20)28-25(30)18-29(23-13-14-23)17-19-7-11-22(27)12-8-19/h2-12,15-16,23,26H,13-14,17-18H2,1H3,(H,28,30)/t26-/m0/s1. The molecule has 0 spiro atoms. The highest BCUT2D eigenvalue weighted by molar-refractivity contribution is 5.79. The largest absolute Gasteiger partial charge is 0.497 e. The van der Waals surface area contributed by atoms with Gasteiger partial charge in [0.15, 0.2) is 0 Å². The minimum absolute atomic E-state index is 0.0290. The number of hydrogen-bond donors (Lipinski definition) is 1. The lowest BCUT2D eigenvalue weighted by molar-refractivity contribution is -0.123. The zero-order valence-electron chi connectivity index (χ0n) is 17.6. The smallest absolute Gasteiger partial charge is 0.234 e. The summed E-state index contributed by atoms with van der Waals surface area (Å²) in [7, 11) is 1.64. The van der Waals surface area contributed by atoms with E-state index in [1.165, 1.54) is 12.1 Å². The molecule has 0 saturated heterocycles. The third-order valence-electron chi connectivity index (χ3n) is 5.60. The summed E-state index contributed by atoms with van der Waals surface area (Å²) in [6.07, 6.45) is 2.18. The number of amides is 1. The summed E-state index contributed by atoms with van der Waals surface area (Å²) >= 11 is 0. The number of halogens is 1. The molecule has 1 N–H and O–H groups in total. The number of carbonyl (C=O) groups excluding carboxylic acids is 1. The summed E-state index contributed by atoms with van der Waals surface area (Å²) in [5.74, 6) is 0.504. The summed E-state index contributed by atoms with van der Waals surface area (Å²) < 4.78 is 18.5. The molecule has 1 aliphatic rings. The first-order valence-electron chi connectivity index (χ1n) is 10.6. The molecule has 0 aromatic heterocycles. The highest BCUT2D eigenvalue weighted by Gasteiger charge is 2.31. The number of nitrogens with zero attached hydrogens (tertiary/aromatic N) is 1. The van der Waals surface area contributed by atoms with Crippen LogP contribution in [0.3, 0.4) is 0 Å². The second-order valence-electron chi connectivity index (χ2n) is 7.95. The Balaban J connectivity index is 1.48. The van der Waals surface area contributed by atoms with Crippen molar-refractivity contribution in [1.82, 2.24) is 10.2 Å². The Kier molecular flexibility index (Phi) is 6.63. The van der Waals surface area contributed by atoms with E-state index in [-0.39, 0.29) is 17.8 Å². The maximum absolute atomic E-state index is 13.2. The van der Waals surface area contributed by atoms with Crippen molar-refractivity contribution in [2.24, 2.45) is 0 Å². The fourth-order valence-corrected chi connectivity index (χ4v) is 3.77. The lowest BCUT2D eigenvalue weighted by Gasteiger charge is -2.25. The average molecular weight is 419 g/mol. The van der Waals surface area contributed by atoms with Crippen molar-refractivity contribution in [3.63, 3.8) is 0 Å². The molecule has 0 bridgehead atoms. The first-order chi connectivity index (χ1) is 15.1. The Morgan fingerprint density at radius 1 is 1.00 bits per heavy atom. The van der Waals surface area contributed by atoms with E-state index in [4.69, 9.17) is 4.74 Å². The van der Waals surface area contributed by atoms with Crippen molar-refractivity contribution in [3.8, 4) is 5.75 Å². The van der Waals surface area contributed by atoms with E-state index in [9.17, 15) is 9.18 Å². The maximum Gasteiger partial charge on any atom is 0.234 e. The minimum Gasteiger partial charge on any atom is -0.497 e. The topological polar surface area (TPSA) is 41.6 Å². The molecule has 1 aliphatic carbocycles. The fraction of sp³-hybridized carbons (Fsp3) is 0.269. The van der Waals surface area contributed by atoms with Gasteiger partial charge in [-0.15, -0.1) is 0 Å². The van der Waals surface area contributed by atoms with Gasteiger partial charge in [-0.1, -0.05) is 54.6 Å². The molecule has 160 valence electrons. The monoisotopic (exact) mass is 418 g/mol. The highest BCUT2D eigenvalue weighted by atomic mass is 19.1. The molecule has 0 radical (unpaired) electrons. The number of nitrogens with one attached hydrogen (secondary N) is 1. The van der Waals surface area contributed by atoms with Crippen LogP contribution in [0.5, 0.6) is 5.75 Å². The molecule has 1 fully saturated rings. The lowest BCUT2D eigenvalue weighted by atomic mass is 9.98. The molecule has 4 nitrogen and oxygen atoms in total. The van der Waals surface area contributed by atoms with Crippen molar-refractivity contribution in [1.29, 1.82) is 0 Å². The molecule has 3 aromatic rings. The first-order valence-corrected chi connectivity index (χ1v) is 10.6. The quantitative estimate of drug-likeness (QED) is 0.547. The van der Waals surface area contributed by atoms with Gasteiger partial charge in [0.05, 0.1) is 19.7 Å². The van der Waals surface area contributed by atoms with Crippen molar-refractivity contribution >= 4 is 5.91 Å². The zero-order valence-corrected chi connectivity index (χ0v) is 17.6. The van der Waals surface area contributed by atoms with Gasteiger partial charge < -0.3 is 10.1 Å². The van der Waals surface area contributed by atoms with Gasteiger partial charge in [-0.2, -0.15) is 0 Å². The van der Waals surface area contributed by atoms with E-state index in [0.29, 0.717) is 19.1 Å². The molecule has 4 rings (SSSR count). The van der Waals surface area contributed by atoms with Crippen LogP contribution in [0, 0.1) is 5.82 Å². The van der Waals surface area contributed by atoms with Crippen LogP contribution in [-0.2, 0) is 11.3 Å². The number of ether oxygens (including phenoxy) is 1. The molecule has 0 unspecified atom stereocenters. The molecule has 5 heteroatoms. The molecule has 1 atom stereocenters. The van der Waals surface area contributed by atoms with Crippen LogP contribution in [0.4, 0.5) is 4.39 Å². The van der Waals surface area contributed by atoms with E-state index in [1.807, 2.05) is 54.6 Å². The Bertz CT molecular complexity index is 986. The van der Waals surface area contributed by atoms with Crippen molar-refractivity contribution < 1.29 is 13.9 Å². The first kappa shape index (κ1) is 21.1. The predicted molar refractivity (Wildman–Crippen MR) is 119 cm³/mol. The van der Waals surface area contributed by atoms with Crippen LogP contribution in [0.2, 0.25) is 0 Å². The highest BCUT2D eigenvalue weighted by Crippen LogP contribution is 2.29. The van der Waals surface area contributed by atoms with Crippen molar-refractivity contribution in [2.75, 3.05) is 13.7 Å². The third-order valence-corrected chi connectivity index (χ3v) is 5.60. The molecular weight excluding hydrogens is 391 g/mol. The number of hydrogen-bond acceptors (Lipinski definition) is 3. The molecule has 3 aromatic carbocycles. The van der Waals surface area contributed by atoms with E-state index < -0.39 is 0 Å². The van der Waals surface area contributed by atoms with Gasteiger partial charge in [0.25, 0.3) is 0 Å². The summed E-state index contributed by atoms with van der Waals surface area (Å²) in [4.78, 5) is 15.3. The average Bonchev–Trinajstić information content (AvgIpc) is 3.65. The van der Waals surface area contributed by atoms with Gasteiger partial charge in [0.2, 0.25) is 5.91 Å². The van der Waals surface area contributed by atoms with E-state index in [1.54, 1.807) is 19.2 Å². The van der Waals surface area contributed by atoms with E-state index in [0.717, 1.165) is 35.3 Å². The molecule has 0 aliphatic heterocycles. The molecule has 1 saturated carbocycles. The Morgan fingerprint density at radius 3 is 2.26 bits per heavy atom. The summed E-state index contributed by atoms with van der Waals surface area (Å²) in [6, 6.07) is 24.4. The molecule has 1 amide bonds. The van der Waals surface area contributed by atoms with Gasteiger partial charge in [-0.05, 0) is 53.8 Å². The SMILES string of the molecule is COc1ccc([C@@H](NC(=O)CN(Cc2ccc(F)cc2)C2CC2)c2ccccc2)cc1. The van der Waals surface area contributed by atoms with Crippen molar-refractivity contribution in [3.05, 3.63) is 101 Å². The van der Waals surface area contributed by atoms with Gasteiger partial charge in [0, 0.05) is 12.6 Å². The van der Waals surface area contributed by atoms with Crippen LogP contribution in [0.1, 0.15) is 35.6 Å². The Labute approximate surface area is 182 Å². The van der Waals surface area contributed by atoms with E-state index >= 15 is 0 Å². The van der Waals surface area contributed by atoms with Crippen LogP contribution in [0.15, 0.2) is 78.9 Å². The van der Waals surface area contributed by atoms with Crippen LogP contribution < -0.4 is 10.1 Å². The zero-order chi connectivity index (χ0) is 21.6. The Morgan fingerprint density at radius 2 is 1.65 bits per heavy atom. The van der Waals surface area contributed by atoms with Crippen molar-refractivity contribution in [2.45, 2.75) is 31.5 Å². The third kappa shape index (κ3) is 5.70. The van der Waals surface area contributed by atoms with Crippen LogP contribution in [0.25, 0.3) is 0 Å². The maximum atomic E-state index is 13.2. The van der Waals surface area contributed by atoms with Gasteiger partial charge in [-0.25, -0.2) is 4.39 Å². The Hall–Kier alpha value is -3.18. The van der Waals surface area contributed by atoms with E-state index in [2.05, 4.69) is 10.2 Å². The summed E-state index contributed by atoms with van der Waals surface area (Å²) in [5, 5.41) is 3.21. The number of methoxy groups -OCH3 is 1. The normalized spacial score (nSPS) is 14.3. The number of benzene rings is 3. The number of carbonyl (C=O) groups is 1.